The molecule has 2 rings (SSSR count). The van der Waals surface area contributed by atoms with Crippen molar-refractivity contribution >= 4 is 11.8 Å². The predicted octanol–water partition coefficient (Wildman–Crippen LogP) is 2.47. The lowest BCUT2D eigenvalue weighted by Crippen LogP contribution is -2.70. The summed E-state index contributed by atoms with van der Waals surface area (Å²) in [5.74, 6) is 0.773. The molecule has 20 heavy (non-hydrogen) atoms. The first kappa shape index (κ1) is 15.3. The molecule has 1 aliphatic heterocycles. The lowest BCUT2D eigenvalue weighted by molar-refractivity contribution is -0.157. The topological polar surface area (TPSA) is 49.4 Å². The Balaban J connectivity index is 2.19. The van der Waals surface area contributed by atoms with E-state index < -0.39 is 5.54 Å². The summed E-state index contributed by atoms with van der Waals surface area (Å²) in [4.78, 5) is 27.2. The highest BCUT2D eigenvalue weighted by Crippen LogP contribution is 2.34. The van der Waals surface area contributed by atoms with Crippen molar-refractivity contribution in [1.29, 1.82) is 0 Å². The molecule has 1 spiro atoms. The zero-order valence-corrected chi connectivity index (χ0v) is 13.1. The fraction of sp³-hybridized carbons (Fsp3) is 0.875. The maximum Gasteiger partial charge on any atom is 0.249 e. The Hall–Kier alpha value is -1.06. The van der Waals surface area contributed by atoms with Crippen molar-refractivity contribution in [3.05, 3.63) is 0 Å². The summed E-state index contributed by atoms with van der Waals surface area (Å²) < 4.78 is 0. The Bertz CT molecular complexity index is 373. The van der Waals surface area contributed by atoms with Gasteiger partial charge in [-0.15, -0.1) is 0 Å². The highest BCUT2D eigenvalue weighted by molar-refractivity contribution is 5.99. The van der Waals surface area contributed by atoms with Crippen molar-refractivity contribution < 1.29 is 9.59 Å². The molecule has 0 radical (unpaired) electrons. The third-order valence-corrected chi connectivity index (χ3v) is 4.75. The SMILES string of the molecule is CCC1C(=O)NC2(CCCCC2)C(=O)N1CCC(C)C. The quantitative estimate of drug-likeness (QED) is 0.860. The zero-order chi connectivity index (χ0) is 14.8. The Kier molecular flexibility index (Phi) is 4.71. The summed E-state index contributed by atoms with van der Waals surface area (Å²) in [5, 5.41) is 3.07. The van der Waals surface area contributed by atoms with Crippen LogP contribution < -0.4 is 5.32 Å². The van der Waals surface area contributed by atoms with Gasteiger partial charge in [0.25, 0.3) is 0 Å². The molecule has 2 fully saturated rings. The van der Waals surface area contributed by atoms with E-state index in [1.54, 1.807) is 0 Å². The number of carbonyl (C=O) groups is 2. The second kappa shape index (κ2) is 6.15. The molecule has 0 aromatic carbocycles. The Morgan fingerprint density at radius 1 is 1.25 bits per heavy atom. The molecule has 1 atom stereocenters. The molecule has 1 unspecified atom stereocenters. The molecule has 1 saturated heterocycles. The van der Waals surface area contributed by atoms with Crippen LogP contribution in [0.5, 0.6) is 0 Å². The second-order valence-corrected chi connectivity index (χ2v) is 6.74. The van der Waals surface area contributed by atoms with Crippen LogP contribution in [0.3, 0.4) is 0 Å². The third kappa shape index (κ3) is 2.84. The highest BCUT2D eigenvalue weighted by Gasteiger charge is 2.50. The molecule has 1 aliphatic carbocycles. The molecule has 1 N–H and O–H groups in total. The minimum absolute atomic E-state index is 0.0535. The standard InChI is InChI=1S/C16H28N2O2/c1-4-13-14(19)17-16(9-6-5-7-10-16)15(20)18(13)11-8-12(2)3/h12-13H,4-11H2,1-3H3,(H,17,19). The van der Waals surface area contributed by atoms with Gasteiger partial charge >= 0.3 is 0 Å². The van der Waals surface area contributed by atoms with E-state index in [1.807, 2.05) is 11.8 Å². The van der Waals surface area contributed by atoms with Gasteiger partial charge in [0.05, 0.1) is 0 Å². The average molecular weight is 280 g/mol. The smallest absolute Gasteiger partial charge is 0.249 e. The summed E-state index contributed by atoms with van der Waals surface area (Å²) in [6, 6.07) is -0.270. The van der Waals surface area contributed by atoms with Crippen LogP contribution in [-0.4, -0.2) is 34.8 Å². The van der Waals surface area contributed by atoms with Crippen molar-refractivity contribution in [2.45, 2.75) is 77.3 Å². The van der Waals surface area contributed by atoms with Crippen LogP contribution >= 0.6 is 0 Å². The van der Waals surface area contributed by atoms with Gasteiger partial charge in [-0.3, -0.25) is 9.59 Å². The maximum atomic E-state index is 12.9. The van der Waals surface area contributed by atoms with Gasteiger partial charge in [-0.2, -0.15) is 0 Å². The van der Waals surface area contributed by atoms with E-state index in [0.29, 0.717) is 18.9 Å². The first-order chi connectivity index (χ1) is 9.50. The predicted molar refractivity (Wildman–Crippen MR) is 79.2 cm³/mol. The lowest BCUT2D eigenvalue weighted by atomic mass is 9.78. The third-order valence-electron chi connectivity index (χ3n) is 4.75. The number of nitrogens with one attached hydrogen (secondary N) is 1. The minimum atomic E-state index is -0.585. The van der Waals surface area contributed by atoms with E-state index in [-0.39, 0.29) is 17.9 Å². The second-order valence-electron chi connectivity index (χ2n) is 6.74. The van der Waals surface area contributed by atoms with E-state index >= 15 is 0 Å². The van der Waals surface area contributed by atoms with Gasteiger partial charge in [0, 0.05) is 6.54 Å². The summed E-state index contributed by atoms with van der Waals surface area (Å²) in [7, 11) is 0. The fourth-order valence-electron chi connectivity index (χ4n) is 3.49. The molecular weight excluding hydrogens is 252 g/mol. The summed E-state index contributed by atoms with van der Waals surface area (Å²) in [5.41, 5.74) is -0.585. The van der Waals surface area contributed by atoms with Crippen LogP contribution in [0.15, 0.2) is 0 Å². The van der Waals surface area contributed by atoms with Gasteiger partial charge in [0.1, 0.15) is 11.6 Å². The molecule has 114 valence electrons. The molecule has 0 bridgehead atoms. The van der Waals surface area contributed by atoms with E-state index in [2.05, 4.69) is 19.2 Å². The molecule has 2 amide bonds. The van der Waals surface area contributed by atoms with E-state index in [9.17, 15) is 9.59 Å². The van der Waals surface area contributed by atoms with Gasteiger partial charge in [-0.05, 0) is 31.6 Å². The largest absolute Gasteiger partial charge is 0.340 e. The maximum absolute atomic E-state index is 12.9. The first-order valence-corrected chi connectivity index (χ1v) is 8.13. The zero-order valence-electron chi connectivity index (χ0n) is 13.1. The highest BCUT2D eigenvalue weighted by atomic mass is 16.2. The van der Waals surface area contributed by atoms with Crippen molar-refractivity contribution in [1.82, 2.24) is 10.2 Å². The molecular formula is C16H28N2O2. The van der Waals surface area contributed by atoms with Crippen molar-refractivity contribution in [3.63, 3.8) is 0 Å². The molecule has 2 aliphatic rings. The van der Waals surface area contributed by atoms with Gasteiger partial charge in [0.2, 0.25) is 11.8 Å². The van der Waals surface area contributed by atoms with Gasteiger partial charge in [-0.1, -0.05) is 40.0 Å². The number of hydrogen-bond donors (Lipinski definition) is 1. The number of amides is 2. The van der Waals surface area contributed by atoms with Crippen molar-refractivity contribution in [3.8, 4) is 0 Å². The van der Waals surface area contributed by atoms with Crippen LogP contribution in [0.1, 0.15) is 65.7 Å². The first-order valence-electron chi connectivity index (χ1n) is 8.13. The molecule has 1 heterocycles. The average Bonchev–Trinajstić information content (AvgIpc) is 2.42. The van der Waals surface area contributed by atoms with E-state index in [0.717, 1.165) is 32.1 Å². The normalized spacial score (nSPS) is 26.2. The molecule has 4 heteroatoms. The fourth-order valence-corrected chi connectivity index (χ4v) is 3.49. The summed E-state index contributed by atoms with van der Waals surface area (Å²) >= 11 is 0. The number of rotatable bonds is 4. The molecule has 0 aromatic heterocycles. The van der Waals surface area contributed by atoms with Crippen LogP contribution in [0.25, 0.3) is 0 Å². The Labute approximate surface area is 122 Å². The number of hydrogen-bond acceptors (Lipinski definition) is 2. The molecule has 0 aromatic rings. The lowest BCUT2D eigenvalue weighted by Gasteiger charge is -2.47. The van der Waals surface area contributed by atoms with Crippen LogP contribution in [0, 0.1) is 5.92 Å². The van der Waals surface area contributed by atoms with Gasteiger partial charge in [0.15, 0.2) is 0 Å². The number of nitrogens with zero attached hydrogens (tertiary/aromatic N) is 1. The molecule has 1 saturated carbocycles. The van der Waals surface area contributed by atoms with E-state index in [4.69, 9.17) is 0 Å². The van der Waals surface area contributed by atoms with E-state index in [1.165, 1.54) is 6.42 Å². The minimum Gasteiger partial charge on any atom is -0.340 e. The van der Waals surface area contributed by atoms with Crippen LogP contribution in [0.4, 0.5) is 0 Å². The number of piperazine rings is 1. The summed E-state index contributed by atoms with van der Waals surface area (Å²) in [6.07, 6.45) is 6.55. The summed E-state index contributed by atoms with van der Waals surface area (Å²) in [6.45, 7) is 7.01. The molecule has 4 nitrogen and oxygen atoms in total. The number of carbonyl (C=O) groups excluding carboxylic acids is 2. The van der Waals surface area contributed by atoms with Crippen LogP contribution in [-0.2, 0) is 9.59 Å². The van der Waals surface area contributed by atoms with Gasteiger partial charge < -0.3 is 10.2 Å². The van der Waals surface area contributed by atoms with Crippen molar-refractivity contribution in [2.24, 2.45) is 5.92 Å². The monoisotopic (exact) mass is 280 g/mol. The Morgan fingerprint density at radius 3 is 2.45 bits per heavy atom. The Morgan fingerprint density at radius 2 is 1.90 bits per heavy atom. The van der Waals surface area contributed by atoms with Crippen LogP contribution in [0.2, 0.25) is 0 Å². The van der Waals surface area contributed by atoms with Gasteiger partial charge in [-0.25, -0.2) is 0 Å². The van der Waals surface area contributed by atoms with Crippen molar-refractivity contribution in [2.75, 3.05) is 6.54 Å².